The van der Waals surface area contributed by atoms with Gasteiger partial charge in [0.15, 0.2) is 5.82 Å². The first-order chi connectivity index (χ1) is 6.79. The fourth-order valence-electron chi connectivity index (χ4n) is 0.954. The van der Waals surface area contributed by atoms with Gasteiger partial charge in [-0.15, -0.1) is 11.6 Å². The molecule has 0 spiro atoms. The van der Waals surface area contributed by atoms with Crippen LogP contribution in [0.5, 0.6) is 0 Å². The molecule has 2 aromatic heterocycles. The number of rotatable bonds is 2. The molecule has 14 heavy (non-hydrogen) atoms. The van der Waals surface area contributed by atoms with Crippen LogP contribution in [0.2, 0.25) is 0 Å². The molecule has 2 rings (SSSR count). The third-order valence-corrected chi connectivity index (χ3v) is 2.21. The number of alkyl halides is 1. The summed E-state index contributed by atoms with van der Waals surface area (Å²) in [5.41, 5.74) is 0.767. The van der Waals surface area contributed by atoms with Crippen LogP contribution in [0.3, 0.4) is 0 Å². The van der Waals surface area contributed by atoms with Crippen molar-refractivity contribution >= 4 is 27.5 Å². The molecule has 0 radical (unpaired) electrons. The van der Waals surface area contributed by atoms with Gasteiger partial charge in [-0.2, -0.15) is 4.98 Å². The average molecular weight is 275 g/mol. The van der Waals surface area contributed by atoms with Gasteiger partial charge in [-0.1, -0.05) is 5.16 Å². The first kappa shape index (κ1) is 9.61. The van der Waals surface area contributed by atoms with E-state index in [9.17, 15) is 0 Å². The summed E-state index contributed by atoms with van der Waals surface area (Å²) in [6.45, 7) is 0. The summed E-state index contributed by atoms with van der Waals surface area (Å²) in [7, 11) is 0. The van der Waals surface area contributed by atoms with E-state index in [1.165, 1.54) is 0 Å². The fraction of sp³-hybridized carbons (Fsp3) is 0.125. The van der Waals surface area contributed by atoms with Gasteiger partial charge in [0.2, 0.25) is 0 Å². The van der Waals surface area contributed by atoms with Crippen molar-refractivity contribution in [2.24, 2.45) is 0 Å². The van der Waals surface area contributed by atoms with Crippen LogP contribution in [0.25, 0.3) is 11.5 Å². The van der Waals surface area contributed by atoms with E-state index in [-0.39, 0.29) is 5.88 Å². The number of hydrogen-bond acceptors (Lipinski definition) is 4. The molecule has 2 aromatic rings. The highest BCUT2D eigenvalue weighted by atomic mass is 79.9. The molecular weight excluding hydrogens is 269 g/mol. The van der Waals surface area contributed by atoms with Gasteiger partial charge in [-0.05, 0) is 22.0 Å². The van der Waals surface area contributed by atoms with Gasteiger partial charge in [0.25, 0.3) is 5.89 Å². The van der Waals surface area contributed by atoms with Crippen molar-refractivity contribution in [3.05, 3.63) is 28.8 Å². The minimum absolute atomic E-state index is 0.241. The standard InChI is InChI=1S/C8H5BrClN3O/c9-6-1-5(3-11-4-6)8-12-7(2-10)13-14-8/h1,3-4H,2H2. The summed E-state index contributed by atoms with van der Waals surface area (Å²) >= 11 is 8.85. The average Bonchev–Trinajstić information content (AvgIpc) is 2.66. The van der Waals surface area contributed by atoms with Crippen molar-refractivity contribution in [1.82, 2.24) is 15.1 Å². The molecule has 0 aliphatic rings. The second kappa shape index (κ2) is 4.06. The molecule has 2 heterocycles. The van der Waals surface area contributed by atoms with Crippen molar-refractivity contribution in [3.63, 3.8) is 0 Å². The highest BCUT2D eigenvalue weighted by Gasteiger charge is 2.08. The Hall–Kier alpha value is -0.940. The second-order valence-corrected chi connectivity index (χ2v) is 3.72. The number of pyridine rings is 1. The number of aromatic nitrogens is 3. The zero-order valence-corrected chi connectivity index (χ0v) is 9.29. The SMILES string of the molecule is ClCc1noc(-c2cncc(Br)c2)n1. The Kier molecular flexibility index (Phi) is 2.79. The molecular formula is C8H5BrClN3O. The van der Waals surface area contributed by atoms with Crippen LogP contribution in [0.15, 0.2) is 27.5 Å². The summed E-state index contributed by atoms with van der Waals surface area (Å²) in [4.78, 5) is 8.06. The molecule has 0 unspecified atom stereocenters. The van der Waals surface area contributed by atoms with Crippen LogP contribution in [0.4, 0.5) is 0 Å². The van der Waals surface area contributed by atoms with Gasteiger partial charge in [0.05, 0.1) is 11.4 Å². The Labute approximate surface area is 93.4 Å². The lowest BCUT2D eigenvalue weighted by Crippen LogP contribution is -1.82. The molecule has 0 saturated heterocycles. The van der Waals surface area contributed by atoms with Crippen molar-refractivity contribution in [2.75, 3.05) is 0 Å². The zero-order chi connectivity index (χ0) is 9.97. The lowest BCUT2D eigenvalue weighted by atomic mass is 10.3. The minimum Gasteiger partial charge on any atom is -0.334 e. The van der Waals surface area contributed by atoms with Crippen LogP contribution in [0.1, 0.15) is 5.82 Å². The number of hydrogen-bond donors (Lipinski definition) is 0. The van der Waals surface area contributed by atoms with E-state index in [0.717, 1.165) is 10.0 Å². The highest BCUT2D eigenvalue weighted by Crippen LogP contribution is 2.19. The maximum Gasteiger partial charge on any atom is 0.259 e. The molecule has 0 fully saturated rings. The van der Waals surface area contributed by atoms with E-state index >= 15 is 0 Å². The molecule has 0 aliphatic heterocycles. The molecule has 6 heteroatoms. The molecule has 0 aliphatic carbocycles. The predicted octanol–water partition coefficient (Wildman–Crippen LogP) is 2.63. The largest absolute Gasteiger partial charge is 0.334 e. The van der Waals surface area contributed by atoms with E-state index in [1.54, 1.807) is 12.4 Å². The van der Waals surface area contributed by atoms with Crippen molar-refractivity contribution in [2.45, 2.75) is 5.88 Å². The Morgan fingerprint density at radius 3 is 2.93 bits per heavy atom. The quantitative estimate of drug-likeness (QED) is 0.790. The normalized spacial score (nSPS) is 10.4. The van der Waals surface area contributed by atoms with Crippen LogP contribution in [-0.4, -0.2) is 15.1 Å². The first-order valence-corrected chi connectivity index (χ1v) is 5.12. The molecule has 0 amide bonds. The fourth-order valence-corrected chi connectivity index (χ4v) is 1.43. The van der Waals surface area contributed by atoms with Crippen molar-refractivity contribution < 1.29 is 4.52 Å². The summed E-state index contributed by atoms with van der Waals surface area (Å²) in [5.74, 6) is 1.14. The van der Waals surface area contributed by atoms with Crippen molar-refractivity contribution in [1.29, 1.82) is 0 Å². The van der Waals surface area contributed by atoms with Gasteiger partial charge < -0.3 is 4.52 Å². The smallest absolute Gasteiger partial charge is 0.259 e. The van der Waals surface area contributed by atoms with E-state index in [1.807, 2.05) is 6.07 Å². The molecule has 72 valence electrons. The Bertz CT molecular complexity index is 446. The Balaban J connectivity index is 2.39. The van der Waals surface area contributed by atoms with E-state index in [0.29, 0.717) is 11.7 Å². The number of nitrogens with zero attached hydrogens (tertiary/aromatic N) is 3. The highest BCUT2D eigenvalue weighted by molar-refractivity contribution is 9.10. The van der Waals surface area contributed by atoms with Crippen LogP contribution in [-0.2, 0) is 5.88 Å². The monoisotopic (exact) mass is 273 g/mol. The second-order valence-electron chi connectivity index (χ2n) is 2.54. The summed E-state index contributed by atoms with van der Waals surface area (Å²) < 4.78 is 5.85. The van der Waals surface area contributed by atoms with E-state index in [4.69, 9.17) is 16.1 Å². The van der Waals surface area contributed by atoms with Gasteiger partial charge in [0.1, 0.15) is 0 Å². The zero-order valence-electron chi connectivity index (χ0n) is 6.94. The maximum atomic E-state index is 5.55. The molecule has 0 N–H and O–H groups in total. The Morgan fingerprint density at radius 2 is 2.29 bits per heavy atom. The third kappa shape index (κ3) is 1.93. The first-order valence-electron chi connectivity index (χ1n) is 3.79. The molecule has 0 atom stereocenters. The maximum absolute atomic E-state index is 5.55. The summed E-state index contributed by atoms with van der Waals surface area (Å²) in [5, 5.41) is 3.68. The number of halogens is 2. The molecule has 0 saturated carbocycles. The molecule has 4 nitrogen and oxygen atoms in total. The van der Waals surface area contributed by atoms with Crippen molar-refractivity contribution in [3.8, 4) is 11.5 Å². The molecule has 0 aromatic carbocycles. The van der Waals surface area contributed by atoms with Gasteiger partial charge in [0, 0.05) is 16.9 Å². The van der Waals surface area contributed by atoms with Crippen LogP contribution >= 0.6 is 27.5 Å². The molecule has 0 bridgehead atoms. The van der Waals surface area contributed by atoms with Crippen LogP contribution < -0.4 is 0 Å². The summed E-state index contributed by atoms with van der Waals surface area (Å²) in [6.07, 6.45) is 3.33. The van der Waals surface area contributed by atoms with E-state index in [2.05, 4.69) is 31.1 Å². The van der Waals surface area contributed by atoms with Gasteiger partial charge in [-0.25, -0.2) is 0 Å². The lowest BCUT2D eigenvalue weighted by molar-refractivity contribution is 0.425. The minimum atomic E-state index is 0.241. The third-order valence-electron chi connectivity index (χ3n) is 1.54. The lowest BCUT2D eigenvalue weighted by Gasteiger charge is -1.92. The Morgan fingerprint density at radius 1 is 1.43 bits per heavy atom. The van der Waals surface area contributed by atoms with E-state index < -0.39 is 0 Å². The summed E-state index contributed by atoms with van der Waals surface area (Å²) in [6, 6.07) is 1.85. The van der Waals surface area contributed by atoms with Gasteiger partial charge >= 0.3 is 0 Å². The van der Waals surface area contributed by atoms with Gasteiger partial charge in [-0.3, -0.25) is 4.98 Å². The predicted molar refractivity (Wildman–Crippen MR) is 54.8 cm³/mol. The van der Waals surface area contributed by atoms with Crippen LogP contribution in [0, 0.1) is 0 Å². The topological polar surface area (TPSA) is 51.8 Å².